The minimum absolute atomic E-state index is 0.329. The van der Waals surface area contributed by atoms with Crippen LogP contribution in [0.5, 0.6) is 0 Å². The Morgan fingerprint density at radius 2 is 0.728 bits per heavy atom. The Hall–Kier alpha value is -8.11. The summed E-state index contributed by atoms with van der Waals surface area (Å²) >= 11 is 0. The lowest BCUT2D eigenvalue weighted by Gasteiger charge is -2.46. The van der Waals surface area contributed by atoms with Crippen LogP contribution < -0.4 is 26.4 Å². The second-order valence-corrected chi connectivity index (χ2v) is 17.4. The lowest BCUT2D eigenvalue weighted by Crippen LogP contribution is -2.75. The fraction of sp³-hybridized carbons (Fsp3) is 0.200. The van der Waals surface area contributed by atoms with Gasteiger partial charge in [0, 0.05) is 16.5 Å². The molecule has 0 radical (unpaired) electrons. The van der Waals surface area contributed by atoms with Crippen LogP contribution >= 0.6 is 0 Å². The highest BCUT2D eigenvalue weighted by atomic mass is 19.4. The van der Waals surface area contributed by atoms with E-state index >= 15 is 0 Å². The van der Waals surface area contributed by atoms with Crippen molar-refractivity contribution in [3.63, 3.8) is 0 Å². The van der Waals surface area contributed by atoms with E-state index in [1.54, 1.807) is 0 Å². The molecule has 0 spiro atoms. The van der Waals surface area contributed by atoms with Gasteiger partial charge < -0.3 is 4.74 Å². The number of rotatable bonds is 9. The SMILES string of the molecule is FC(F)(F)c1cc([B-](c2cc(C(F)(F)F)cc(C(F)(F)F)c2)(c2cc(C(F)(F)F)cc(C(F)(F)F)c2)c2cc(C(F)(F)F)cc(C(F)(F)F)c2)cc(C(F)(F)F)c1.[N-]=[N+]=NCOC(=O)c1c2ccccc2cc[n+]1Cc1ccccc1. The van der Waals surface area contributed by atoms with E-state index in [0.717, 1.165) is 16.3 Å². The molecule has 7 aromatic rings. The average Bonchev–Trinajstić information content (AvgIpc) is 2.99. The third-order valence-electron chi connectivity index (χ3n) is 12.1. The van der Waals surface area contributed by atoms with Gasteiger partial charge in [0.25, 0.3) is 5.69 Å². The Morgan fingerprint density at radius 1 is 0.432 bits per heavy atom. The third kappa shape index (κ3) is 14.3. The number of benzene rings is 6. The van der Waals surface area contributed by atoms with Crippen molar-refractivity contribution >= 4 is 44.7 Å². The van der Waals surface area contributed by atoms with E-state index in [1.165, 1.54) is 0 Å². The maximum absolute atomic E-state index is 14.2. The number of azide groups is 1. The monoisotopic (exact) mass is 1180 g/mol. The zero-order valence-corrected chi connectivity index (χ0v) is 39.4. The number of fused-ring (bicyclic) bond motifs is 1. The van der Waals surface area contributed by atoms with Gasteiger partial charge in [-0.25, -0.2) is 4.79 Å². The van der Waals surface area contributed by atoms with Crippen LogP contribution in [0, 0.1) is 0 Å². The molecule has 0 aliphatic carbocycles. The molecule has 0 saturated carbocycles. The number of esters is 1. The molecule has 81 heavy (non-hydrogen) atoms. The van der Waals surface area contributed by atoms with Crippen molar-refractivity contribution in [2.45, 2.75) is 56.0 Å². The quantitative estimate of drug-likeness (QED) is 0.0275. The number of hydrogen-bond donors (Lipinski definition) is 0. The Kier molecular flexibility index (Phi) is 16.9. The minimum atomic E-state index is -6.13. The molecule has 0 saturated heterocycles. The highest BCUT2D eigenvalue weighted by molar-refractivity contribution is 7.20. The van der Waals surface area contributed by atoms with Gasteiger partial charge in [0.05, 0.1) is 49.9 Å². The van der Waals surface area contributed by atoms with E-state index in [2.05, 4.69) is 10.0 Å². The normalized spacial score (nSPS) is 13.1. The smallest absolute Gasteiger partial charge is 0.416 e. The highest BCUT2D eigenvalue weighted by Crippen LogP contribution is 2.41. The maximum Gasteiger partial charge on any atom is 0.416 e. The standard InChI is InChI=1S/C32H12BF24.C18H15N4O2/c34-25(35,36)13-1-14(26(37,38)39)6-21(5-13)33(22-7-15(27(40,41)42)2-16(8-22)28(43,44)45,23-9-17(29(46,47)48)3-18(10-23)30(49,50)51)24-11-19(31(52,53)54)4-20(12-24)32(55,56)57;19-21-20-13-24-18(23)17-16-9-5-4-8-15(16)10-11-22(17)12-14-6-2-1-3-7-14/h1-12H;1-11H,12-13H2/q-1;+1. The topological polar surface area (TPSA) is 78.9 Å². The van der Waals surface area contributed by atoms with E-state index < -0.39 is 201 Å². The molecule has 0 atom stereocenters. The largest absolute Gasteiger partial charge is 0.452 e. The van der Waals surface area contributed by atoms with Crippen LogP contribution in [0.3, 0.4) is 0 Å². The molecule has 0 aliphatic rings. The van der Waals surface area contributed by atoms with Crippen molar-refractivity contribution in [2.24, 2.45) is 5.11 Å². The molecular formula is C50H27BF24N4O2. The van der Waals surface area contributed by atoms with E-state index in [-0.39, 0.29) is 6.73 Å². The summed E-state index contributed by atoms with van der Waals surface area (Å²) in [5, 5.41) is 4.99. The molecular weight excluding hydrogens is 1160 g/mol. The summed E-state index contributed by atoms with van der Waals surface area (Å²) in [5.74, 6) is -0.518. The summed E-state index contributed by atoms with van der Waals surface area (Å²) in [6.07, 6.45) is -52.9. The molecule has 6 aromatic carbocycles. The van der Waals surface area contributed by atoms with E-state index in [0.29, 0.717) is 12.2 Å². The molecule has 31 heteroatoms. The van der Waals surface area contributed by atoms with Gasteiger partial charge in [0.2, 0.25) is 0 Å². The van der Waals surface area contributed by atoms with E-state index in [9.17, 15) is 110 Å². The van der Waals surface area contributed by atoms with Gasteiger partial charge in [-0.05, 0) is 41.2 Å². The molecule has 7 rings (SSSR count). The lowest BCUT2D eigenvalue weighted by molar-refractivity contribution is -0.689. The van der Waals surface area contributed by atoms with Crippen molar-refractivity contribution in [2.75, 3.05) is 6.73 Å². The van der Waals surface area contributed by atoms with Gasteiger partial charge >= 0.3 is 55.4 Å². The van der Waals surface area contributed by atoms with Crippen molar-refractivity contribution < 1.29 is 119 Å². The lowest BCUT2D eigenvalue weighted by atomic mass is 9.12. The first-order valence-corrected chi connectivity index (χ1v) is 22.0. The van der Waals surface area contributed by atoms with Crippen molar-refractivity contribution in [1.82, 2.24) is 0 Å². The molecule has 1 aromatic heterocycles. The molecule has 430 valence electrons. The Bertz CT molecular complexity index is 3060. The number of ether oxygens (including phenoxy) is 1. The van der Waals surface area contributed by atoms with E-state index in [1.807, 2.05) is 71.4 Å². The van der Waals surface area contributed by atoms with Gasteiger partial charge in [-0.2, -0.15) is 132 Å². The number of aromatic nitrogens is 1. The van der Waals surface area contributed by atoms with Crippen LogP contribution in [0.4, 0.5) is 105 Å². The molecule has 0 aliphatic heterocycles. The summed E-state index contributed by atoms with van der Waals surface area (Å²) in [4.78, 5) is 15.1. The predicted molar refractivity (Wildman–Crippen MR) is 239 cm³/mol. The van der Waals surface area contributed by atoms with Gasteiger partial charge in [-0.1, -0.05) is 102 Å². The Balaban J connectivity index is 0.000000363. The Labute approximate surface area is 437 Å². The van der Waals surface area contributed by atoms with E-state index in [4.69, 9.17) is 10.3 Å². The molecule has 0 N–H and O–H groups in total. The van der Waals surface area contributed by atoms with Gasteiger partial charge in [0.1, 0.15) is 6.15 Å². The fourth-order valence-electron chi connectivity index (χ4n) is 8.65. The zero-order chi connectivity index (χ0) is 60.7. The molecule has 0 amide bonds. The fourth-order valence-corrected chi connectivity index (χ4v) is 8.65. The average molecular weight is 1180 g/mol. The second-order valence-electron chi connectivity index (χ2n) is 17.4. The first kappa shape index (κ1) is 62.1. The minimum Gasteiger partial charge on any atom is -0.452 e. The van der Waals surface area contributed by atoms with Crippen LogP contribution in [0.2, 0.25) is 0 Å². The molecule has 0 unspecified atom stereocenters. The van der Waals surface area contributed by atoms with Gasteiger partial charge in [-0.3, -0.25) is 0 Å². The zero-order valence-electron chi connectivity index (χ0n) is 39.4. The first-order chi connectivity index (χ1) is 37.1. The van der Waals surface area contributed by atoms with Crippen LogP contribution in [0.15, 0.2) is 145 Å². The number of pyridine rings is 1. The summed E-state index contributed by atoms with van der Waals surface area (Å²) in [7, 11) is 0. The highest BCUT2D eigenvalue weighted by Gasteiger charge is 2.47. The van der Waals surface area contributed by atoms with Crippen molar-refractivity contribution in [3.8, 4) is 0 Å². The maximum atomic E-state index is 14.2. The summed E-state index contributed by atoms with van der Waals surface area (Å²) in [6, 6.07) is 10.6. The summed E-state index contributed by atoms with van der Waals surface area (Å²) in [5.41, 5.74) is -20.4. The third-order valence-corrected chi connectivity index (χ3v) is 12.1. The first-order valence-electron chi connectivity index (χ1n) is 22.0. The molecule has 0 fully saturated rings. The molecule has 0 bridgehead atoms. The summed E-state index contributed by atoms with van der Waals surface area (Å²) in [6.45, 7) is 0.210. The van der Waals surface area contributed by atoms with Gasteiger partial charge in [-0.15, -0.1) is 0 Å². The molecule has 6 nitrogen and oxygen atoms in total. The predicted octanol–water partition coefficient (Wildman–Crippen LogP) is 14.8. The number of carbonyl (C=O) groups is 1. The second kappa shape index (κ2) is 22.1. The number of hydrogen-bond acceptors (Lipinski definition) is 3. The van der Waals surface area contributed by atoms with Crippen molar-refractivity contribution in [3.05, 3.63) is 206 Å². The van der Waals surface area contributed by atoms with Gasteiger partial charge in [0.15, 0.2) is 19.5 Å². The van der Waals surface area contributed by atoms with Crippen LogP contribution in [0.25, 0.3) is 21.2 Å². The summed E-state index contributed by atoms with van der Waals surface area (Å²) < 4.78 is 348. The van der Waals surface area contributed by atoms with Crippen LogP contribution in [-0.4, -0.2) is 18.8 Å². The number of alkyl halides is 24. The number of halogens is 24. The number of nitrogens with zero attached hydrogens (tertiary/aromatic N) is 4. The van der Waals surface area contributed by atoms with Crippen LogP contribution in [-0.2, 0) is 60.7 Å². The van der Waals surface area contributed by atoms with Crippen LogP contribution in [0.1, 0.15) is 60.6 Å². The number of carbonyl (C=O) groups excluding carboxylic acids is 1. The Morgan fingerprint density at radius 3 is 1.02 bits per heavy atom. The van der Waals surface area contributed by atoms with Crippen molar-refractivity contribution in [1.29, 1.82) is 0 Å². The molecule has 1 heterocycles.